The highest BCUT2D eigenvalue weighted by Crippen LogP contribution is 2.38. The Balaban J connectivity index is 0.000000266. The van der Waals surface area contributed by atoms with Crippen LogP contribution in [-0.4, -0.2) is 26.1 Å². The van der Waals surface area contributed by atoms with E-state index >= 15 is 0 Å². The highest BCUT2D eigenvalue weighted by molar-refractivity contribution is 6.33. The number of hydrogen-bond acceptors (Lipinski definition) is 6. The van der Waals surface area contributed by atoms with Gasteiger partial charge in [-0.05, 0) is 36.4 Å². The van der Waals surface area contributed by atoms with Gasteiger partial charge in [0.05, 0.1) is 32.5 Å². The van der Waals surface area contributed by atoms with Crippen molar-refractivity contribution in [3.8, 4) is 0 Å². The molecule has 22 heteroatoms. The molecular formula is C27H18Cl2F12N6O2. The quantitative estimate of drug-likeness (QED) is 0.211. The van der Waals surface area contributed by atoms with E-state index in [4.69, 9.17) is 23.2 Å². The van der Waals surface area contributed by atoms with Gasteiger partial charge in [0.2, 0.25) is 11.9 Å². The highest BCUT2D eigenvalue weighted by Gasteiger charge is 2.36. The summed E-state index contributed by atoms with van der Waals surface area (Å²) in [5.41, 5.74) is -7.69. The summed E-state index contributed by atoms with van der Waals surface area (Å²) in [6, 6.07) is 5.18. The van der Waals surface area contributed by atoms with Crippen molar-refractivity contribution in [2.75, 3.05) is 17.3 Å². The molecule has 4 aromatic rings. The number of alkyl halides is 12. The zero-order chi connectivity index (χ0) is 37.4. The molecule has 4 rings (SSSR count). The summed E-state index contributed by atoms with van der Waals surface area (Å²) >= 11 is 11.6. The minimum absolute atomic E-state index is 0.151. The lowest BCUT2D eigenvalue weighted by atomic mass is 10.2. The van der Waals surface area contributed by atoms with Crippen LogP contribution in [0.25, 0.3) is 0 Å². The van der Waals surface area contributed by atoms with Gasteiger partial charge in [-0.2, -0.15) is 52.7 Å². The molecule has 0 aliphatic rings. The minimum atomic E-state index is -4.89. The van der Waals surface area contributed by atoms with E-state index in [0.29, 0.717) is 28.8 Å². The van der Waals surface area contributed by atoms with Crippen LogP contribution in [0, 0.1) is 0 Å². The van der Waals surface area contributed by atoms with E-state index in [-0.39, 0.29) is 27.5 Å². The number of nitrogens with one attached hydrogen (secondary N) is 1. The van der Waals surface area contributed by atoms with E-state index in [1.165, 1.54) is 0 Å². The third-order valence-electron chi connectivity index (χ3n) is 6.30. The maximum Gasteiger partial charge on any atom is 0.433 e. The number of nitrogens with zero attached hydrogens (tertiary/aromatic N) is 5. The summed E-state index contributed by atoms with van der Waals surface area (Å²) in [4.78, 5) is 30.8. The van der Waals surface area contributed by atoms with E-state index in [1.54, 1.807) is 0 Å². The summed E-state index contributed by atoms with van der Waals surface area (Å²) in [7, 11) is 3.41. The lowest BCUT2D eigenvalue weighted by molar-refractivity contribution is -0.142. The third-order valence-corrected chi connectivity index (χ3v) is 6.95. The molecule has 49 heavy (non-hydrogen) atoms. The molecule has 0 fully saturated rings. The molecule has 0 saturated heterocycles. The fourth-order valence-corrected chi connectivity index (χ4v) is 4.15. The molecule has 2 heterocycles. The van der Waals surface area contributed by atoms with Gasteiger partial charge < -0.3 is 10.2 Å². The first kappa shape index (κ1) is 39.0. The summed E-state index contributed by atoms with van der Waals surface area (Å²) in [6.45, 7) is 0. The largest absolute Gasteiger partial charge is 0.433 e. The molecule has 266 valence electrons. The maximum absolute atomic E-state index is 12.8. The summed E-state index contributed by atoms with van der Waals surface area (Å²) in [5, 5.41) is 1.89. The maximum atomic E-state index is 12.8. The van der Waals surface area contributed by atoms with E-state index in [1.807, 2.05) is 0 Å². The van der Waals surface area contributed by atoms with Crippen molar-refractivity contribution < 1.29 is 52.7 Å². The van der Waals surface area contributed by atoms with Crippen molar-refractivity contribution in [3.63, 3.8) is 0 Å². The average Bonchev–Trinajstić information content (AvgIpc) is 2.95. The number of aromatic nitrogens is 4. The van der Waals surface area contributed by atoms with Gasteiger partial charge in [-0.25, -0.2) is 9.97 Å². The fraction of sp³-hybridized carbons (Fsp3) is 0.259. The van der Waals surface area contributed by atoms with Gasteiger partial charge in [0, 0.05) is 33.3 Å². The first-order valence-corrected chi connectivity index (χ1v) is 13.5. The van der Waals surface area contributed by atoms with Crippen LogP contribution in [0.1, 0.15) is 22.5 Å². The van der Waals surface area contributed by atoms with Gasteiger partial charge in [0.1, 0.15) is 0 Å². The highest BCUT2D eigenvalue weighted by atomic mass is 35.5. The molecule has 0 spiro atoms. The Morgan fingerprint density at radius 1 is 0.633 bits per heavy atom. The van der Waals surface area contributed by atoms with Gasteiger partial charge in [-0.1, -0.05) is 23.2 Å². The second-order valence-electron chi connectivity index (χ2n) is 9.74. The van der Waals surface area contributed by atoms with Gasteiger partial charge in [-0.15, -0.1) is 0 Å². The van der Waals surface area contributed by atoms with E-state index < -0.39 is 70.2 Å². The summed E-state index contributed by atoms with van der Waals surface area (Å²) in [5.74, 6) is -1.11. The predicted molar refractivity (Wildman–Crippen MR) is 153 cm³/mol. The lowest BCUT2D eigenvalue weighted by Crippen LogP contribution is -2.28. The number of halogens is 14. The standard InChI is InChI=1S/C14H10ClF6N3O.C13H8ClF6N3O/c1-23(9-5-7(13(16,17)18)3-4-8(9)15)12-22-10(14(19,20)21)6-11(25)24(12)2;1-23-10(24)5-9(13(18,19)20)22-11(23)21-8-4-6(12(15,16)17)2-3-7(8)14/h3-6H,1-2H3;2-5H,1H3,(H,21,22). The van der Waals surface area contributed by atoms with Crippen LogP contribution < -0.4 is 21.3 Å². The van der Waals surface area contributed by atoms with Crippen molar-refractivity contribution in [1.29, 1.82) is 0 Å². The van der Waals surface area contributed by atoms with Crippen molar-refractivity contribution >= 4 is 46.5 Å². The van der Waals surface area contributed by atoms with Crippen LogP contribution >= 0.6 is 23.2 Å². The van der Waals surface area contributed by atoms with Gasteiger partial charge in [0.25, 0.3) is 11.1 Å². The molecule has 0 bridgehead atoms. The molecule has 2 aromatic heterocycles. The second-order valence-corrected chi connectivity index (χ2v) is 10.6. The Kier molecular flexibility index (Phi) is 11.0. The second kappa shape index (κ2) is 13.8. The van der Waals surface area contributed by atoms with Crippen LogP contribution in [0.4, 0.5) is 76.0 Å². The monoisotopic (exact) mass is 756 g/mol. The molecule has 1 N–H and O–H groups in total. The van der Waals surface area contributed by atoms with E-state index in [2.05, 4.69) is 15.3 Å². The Hall–Kier alpha value is -4.46. The minimum Gasteiger partial charge on any atom is -0.324 e. The Bertz CT molecular complexity index is 1970. The molecule has 0 unspecified atom stereocenters. The molecule has 0 radical (unpaired) electrons. The Morgan fingerprint density at radius 2 is 1.08 bits per heavy atom. The number of rotatable bonds is 4. The number of hydrogen-bond donors (Lipinski definition) is 1. The van der Waals surface area contributed by atoms with E-state index in [9.17, 15) is 62.3 Å². The van der Waals surface area contributed by atoms with Crippen LogP contribution in [0.3, 0.4) is 0 Å². The first-order valence-electron chi connectivity index (χ1n) is 12.8. The Morgan fingerprint density at radius 3 is 1.57 bits per heavy atom. The SMILES string of the molecule is CN(c1cc(C(F)(F)F)ccc1Cl)c1nc(C(F)(F)F)cc(=O)n1C.Cn1c(Nc2cc(C(F)(F)F)ccc2Cl)nc(C(F)(F)F)cc1=O. The first-order chi connectivity index (χ1) is 22.2. The number of anilines is 4. The average molecular weight is 757 g/mol. The zero-order valence-electron chi connectivity index (χ0n) is 24.5. The summed E-state index contributed by atoms with van der Waals surface area (Å²) < 4.78 is 155. The van der Waals surface area contributed by atoms with E-state index in [0.717, 1.165) is 48.8 Å². The van der Waals surface area contributed by atoms with Gasteiger partial charge in [-0.3, -0.25) is 18.7 Å². The van der Waals surface area contributed by atoms with Crippen LogP contribution in [0.15, 0.2) is 58.1 Å². The Labute approximate surface area is 276 Å². The summed E-state index contributed by atoms with van der Waals surface area (Å²) in [6.07, 6.45) is -19.1. The normalized spacial score (nSPS) is 12.3. The molecule has 2 aromatic carbocycles. The third kappa shape index (κ3) is 9.37. The lowest BCUT2D eigenvalue weighted by Gasteiger charge is -2.23. The van der Waals surface area contributed by atoms with Crippen LogP contribution in [-0.2, 0) is 38.8 Å². The predicted octanol–water partition coefficient (Wildman–Crippen LogP) is 8.45. The molecule has 0 aliphatic heterocycles. The van der Waals surface area contributed by atoms with Crippen molar-refractivity contribution in [2.24, 2.45) is 14.1 Å². The fourth-order valence-electron chi connectivity index (χ4n) is 3.74. The van der Waals surface area contributed by atoms with Gasteiger partial charge in [0.15, 0.2) is 11.4 Å². The zero-order valence-corrected chi connectivity index (χ0v) is 26.0. The van der Waals surface area contributed by atoms with Gasteiger partial charge >= 0.3 is 24.7 Å². The molecule has 8 nitrogen and oxygen atoms in total. The van der Waals surface area contributed by atoms with Crippen LogP contribution in [0.2, 0.25) is 10.0 Å². The van der Waals surface area contributed by atoms with Crippen LogP contribution in [0.5, 0.6) is 0 Å². The molecular weight excluding hydrogens is 739 g/mol. The van der Waals surface area contributed by atoms with Crippen molar-refractivity contribution in [3.05, 3.63) is 102 Å². The topological polar surface area (TPSA) is 85.1 Å². The molecule has 0 saturated carbocycles. The molecule has 0 amide bonds. The van der Waals surface area contributed by atoms with Crippen molar-refractivity contribution in [2.45, 2.75) is 24.7 Å². The molecule has 0 atom stereocenters. The van der Waals surface area contributed by atoms with Crippen molar-refractivity contribution in [1.82, 2.24) is 19.1 Å². The smallest absolute Gasteiger partial charge is 0.324 e. The molecule has 0 aliphatic carbocycles. The number of benzene rings is 2.